The molecule has 318 valence electrons. The summed E-state index contributed by atoms with van der Waals surface area (Å²) >= 11 is 0. The monoisotopic (exact) mass is 848 g/mol. The van der Waals surface area contributed by atoms with Crippen LogP contribution in [0, 0.1) is 6.92 Å². The van der Waals surface area contributed by atoms with Crippen molar-refractivity contribution >= 4 is 55.1 Å². The average molecular weight is 849 g/mol. The first-order chi connectivity index (χ1) is 31.9. The van der Waals surface area contributed by atoms with Gasteiger partial charge in [-0.15, -0.1) is 0 Å². The van der Waals surface area contributed by atoms with Crippen LogP contribution in [0.3, 0.4) is 0 Å². The SMILES string of the molecule is C=C(/C(O)=C(/O)C(=CCCO)C1=C/C/C=C\C/C=C\1)N(c1ccc(-c2cccc(-n3c4ccccc4c4cc(C)ccc43)c2)cc1)c1ccc(-c2cccc3c2oc2ccccc23)cc1. The van der Waals surface area contributed by atoms with E-state index in [1.807, 2.05) is 83.8 Å². The van der Waals surface area contributed by atoms with E-state index in [0.29, 0.717) is 18.4 Å². The van der Waals surface area contributed by atoms with Crippen LogP contribution in [0.1, 0.15) is 24.8 Å². The molecule has 1 aliphatic carbocycles. The highest BCUT2D eigenvalue weighted by molar-refractivity contribution is 6.10. The zero-order valence-electron chi connectivity index (χ0n) is 36.2. The summed E-state index contributed by atoms with van der Waals surface area (Å²) in [5.41, 5.74) is 13.0. The van der Waals surface area contributed by atoms with E-state index in [9.17, 15) is 15.3 Å². The van der Waals surface area contributed by atoms with E-state index in [1.165, 1.54) is 16.3 Å². The average Bonchev–Trinajstić information content (AvgIpc) is 3.88. The second kappa shape index (κ2) is 17.6. The van der Waals surface area contributed by atoms with Crippen LogP contribution >= 0.6 is 0 Å². The molecular weight excluding hydrogens is 801 g/mol. The van der Waals surface area contributed by atoms with Crippen molar-refractivity contribution in [2.24, 2.45) is 0 Å². The van der Waals surface area contributed by atoms with Crippen LogP contribution in [0.25, 0.3) is 71.7 Å². The standard InChI is InChI=1S/C59H48N2O4/c1-39-26-35-55-53(37-39)50-19-8-10-24-54(50)61(55)47-18-12-17-44(38-47)41-27-31-45(32-28-41)60(40(2)57(63)58(64)48(23-14-36-62)42-15-6-4-3-5-7-16-42)46-33-29-43(30-34-46)49-21-13-22-52-51-20-9-11-25-56(51)65-59(49)52/h3-4,7-13,15-35,37-38,62-64H,2,5-6,14,36H2,1H3/b4-3-,16-7-,42-15+,48-23?,58-57-. The number of aromatic nitrogens is 1. The Hall–Kier alpha value is -8.06. The molecule has 2 aromatic heterocycles. The van der Waals surface area contributed by atoms with Gasteiger partial charge in [-0.2, -0.15) is 0 Å². The van der Waals surface area contributed by atoms with Gasteiger partial charge >= 0.3 is 0 Å². The molecule has 10 rings (SSSR count). The van der Waals surface area contributed by atoms with Crippen LogP contribution < -0.4 is 4.90 Å². The minimum absolute atomic E-state index is 0.108. The molecule has 0 atom stereocenters. The Balaban J connectivity index is 1.05. The van der Waals surface area contributed by atoms with Crippen LogP contribution in [0.4, 0.5) is 11.4 Å². The lowest BCUT2D eigenvalue weighted by Crippen LogP contribution is -2.18. The van der Waals surface area contributed by atoms with Crippen LogP contribution in [0.2, 0.25) is 0 Å². The molecule has 1 aliphatic rings. The molecule has 0 radical (unpaired) electrons. The Labute approximate surface area is 378 Å². The van der Waals surface area contributed by atoms with E-state index in [1.54, 1.807) is 6.08 Å². The van der Waals surface area contributed by atoms with Gasteiger partial charge in [-0.25, -0.2) is 0 Å². The molecule has 0 saturated carbocycles. The summed E-state index contributed by atoms with van der Waals surface area (Å²) in [4.78, 5) is 1.85. The Morgan fingerprint density at radius 2 is 1.34 bits per heavy atom. The summed E-state index contributed by atoms with van der Waals surface area (Å²) in [5, 5.41) is 38.3. The summed E-state index contributed by atoms with van der Waals surface area (Å²) in [6.45, 7) is 6.43. The van der Waals surface area contributed by atoms with Crippen molar-refractivity contribution in [2.75, 3.05) is 11.5 Å². The summed E-state index contributed by atoms with van der Waals surface area (Å²) in [7, 11) is 0. The highest BCUT2D eigenvalue weighted by Crippen LogP contribution is 2.40. The van der Waals surface area contributed by atoms with E-state index < -0.39 is 0 Å². The Kier molecular flexibility index (Phi) is 11.1. The normalized spacial score (nSPS) is 15.4. The predicted octanol–water partition coefficient (Wildman–Crippen LogP) is 15.4. The summed E-state index contributed by atoms with van der Waals surface area (Å²) in [6.07, 6.45) is 13.6. The van der Waals surface area contributed by atoms with Crippen molar-refractivity contribution in [3.05, 3.63) is 235 Å². The highest BCUT2D eigenvalue weighted by Gasteiger charge is 2.23. The number of aliphatic hydroxyl groups is 3. The van der Waals surface area contributed by atoms with Gasteiger partial charge in [0, 0.05) is 56.4 Å². The fourth-order valence-electron chi connectivity index (χ4n) is 9.08. The van der Waals surface area contributed by atoms with Crippen molar-refractivity contribution in [3.63, 3.8) is 0 Å². The highest BCUT2D eigenvalue weighted by atomic mass is 16.3. The number of rotatable bonds is 11. The number of anilines is 2. The number of para-hydroxylation sites is 3. The molecule has 0 bridgehead atoms. The molecule has 0 fully saturated rings. The molecule has 2 heterocycles. The van der Waals surface area contributed by atoms with Crippen molar-refractivity contribution in [1.82, 2.24) is 4.57 Å². The molecule has 65 heavy (non-hydrogen) atoms. The molecule has 0 spiro atoms. The summed E-state index contributed by atoms with van der Waals surface area (Å²) < 4.78 is 8.72. The lowest BCUT2D eigenvalue weighted by atomic mass is 9.97. The van der Waals surface area contributed by atoms with Crippen molar-refractivity contribution < 1.29 is 19.7 Å². The fourth-order valence-corrected chi connectivity index (χ4v) is 9.08. The van der Waals surface area contributed by atoms with Gasteiger partial charge in [0.05, 0.1) is 16.7 Å². The molecule has 6 heteroatoms. The molecule has 9 aromatic rings. The number of nitrogens with zero attached hydrogens (tertiary/aromatic N) is 2. The van der Waals surface area contributed by atoms with E-state index in [2.05, 4.69) is 127 Å². The van der Waals surface area contributed by atoms with Gasteiger partial charge in [-0.05, 0) is 109 Å². The molecule has 0 unspecified atom stereocenters. The number of hydrogen-bond acceptors (Lipinski definition) is 5. The van der Waals surface area contributed by atoms with E-state index >= 15 is 0 Å². The number of furan rings is 1. The first-order valence-corrected chi connectivity index (χ1v) is 22.0. The lowest BCUT2D eigenvalue weighted by Gasteiger charge is -2.28. The van der Waals surface area contributed by atoms with E-state index in [4.69, 9.17) is 4.42 Å². The molecule has 0 aliphatic heterocycles. The van der Waals surface area contributed by atoms with Crippen molar-refractivity contribution in [3.8, 4) is 27.9 Å². The fraction of sp³-hybridized carbons (Fsp3) is 0.0847. The number of hydrogen-bond donors (Lipinski definition) is 3. The quantitative estimate of drug-likeness (QED) is 0.0686. The van der Waals surface area contributed by atoms with Gasteiger partial charge in [0.1, 0.15) is 11.2 Å². The Bertz CT molecular complexity index is 3430. The van der Waals surface area contributed by atoms with Crippen molar-refractivity contribution in [1.29, 1.82) is 0 Å². The van der Waals surface area contributed by atoms with Crippen LogP contribution in [0.15, 0.2) is 234 Å². The predicted molar refractivity (Wildman–Crippen MR) is 269 cm³/mol. The molecule has 7 aromatic carbocycles. The Morgan fingerprint density at radius 3 is 2.14 bits per heavy atom. The van der Waals surface area contributed by atoms with Gasteiger partial charge in [0.15, 0.2) is 11.5 Å². The summed E-state index contributed by atoms with van der Waals surface area (Å²) in [5.74, 6) is -0.703. The number of benzene rings is 7. The Morgan fingerprint density at radius 1 is 0.646 bits per heavy atom. The lowest BCUT2D eigenvalue weighted by molar-refractivity contribution is 0.301. The third kappa shape index (κ3) is 7.75. The molecule has 0 amide bonds. The number of aryl methyl sites for hydroxylation is 1. The molecule has 6 nitrogen and oxygen atoms in total. The maximum absolute atomic E-state index is 12.0. The second-order valence-electron chi connectivity index (χ2n) is 16.4. The van der Waals surface area contributed by atoms with Crippen LogP contribution in [-0.4, -0.2) is 26.5 Å². The zero-order valence-corrected chi connectivity index (χ0v) is 36.2. The minimum Gasteiger partial charge on any atom is -0.504 e. The van der Waals surface area contributed by atoms with Crippen molar-refractivity contribution in [2.45, 2.75) is 26.2 Å². The second-order valence-corrected chi connectivity index (χ2v) is 16.4. The number of allylic oxidation sites excluding steroid dienone is 6. The van der Waals surface area contributed by atoms with Crippen LogP contribution in [0.5, 0.6) is 0 Å². The largest absolute Gasteiger partial charge is 0.504 e. The smallest absolute Gasteiger partial charge is 0.182 e. The number of fused-ring (bicyclic) bond motifs is 6. The summed E-state index contributed by atoms with van der Waals surface area (Å²) in [6, 6.07) is 54.3. The van der Waals surface area contributed by atoms with Crippen LogP contribution in [-0.2, 0) is 0 Å². The van der Waals surface area contributed by atoms with E-state index in [0.717, 1.165) is 84.3 Å². The molecule has 3 N–H and O–H groups in total. The minimum atomic E-state index is -0.379. The van der Waals surface area contributed by atoms with Gasteiger partial charge in [-0.3, -0.25) is 0 Å². The zero-order chi connectivity index (χ0) is 44.4. The maximum Gasteiger partial charge on any atom is 0.182 e. The molecular formula is C59H48N2O4. The third-order valence-corrected chi connectivity index (χ3v) is 12.3. The maximum atomic E-state index is 12.0. The first kappa shape index (κ1) is 41.0. The number of aliphatic hydroxyl groups excluding tert-OH is 3. The van der Waals surface area contributed by atoms with Gasteiger partial charge in [0.25, 0.3) is 0 Å². The topological polar surface area (TPSA) is 82.0 Å². The van der Waals surface area contributed by atoms with Gasteiger partial charge < -0.3 is 29.2 Å². The van der Waals surface area contributed by atoms with Gasteiger partial charge in [0.2, 0.25) is 0 Å². The molecule has 0 saturated heterocycles. The first-order valence-electron chi connectivity index (χ1n) is 22.0. The van der Waals surface area contributed by atoms with Gasteiger partial charge in [-0.1, -0.05) is 146 Å². The third-order valence-electron chi connectivity index (χ3n) is 12.3. The van der Waals surface area contributed by atoms with E-state index in [-0.39, 0.29) is 23.8 Å².